The fourth-order valence-electron chi connectivity index (χ4n) is 2.69. The molecular weight excluding hydrogens is 277 g/mol. The summed E-state index contributed by atoms with van der Waals surface area (Å²) in [5, 5.41) is 0. The first-order chi connectivity index (χ1) is 10.1. The molecule has 1 aliphatic heterocycles. The highest BCUT2D eigenvalue weighted by Crippen LogP contribution is 2.31. The van der Waals surface area contributed by atoms with Gasteiger partial charge in [-0.2, -0.15) is 0 Å². The van der Waals surface area contributed by atoms with Gasteiger partial charge in [-0.15, -0.1) is 0 Å². The summed E-state index contributed by atoms with van der Waals surface area (Å²) in [6, 6.07) is 2.93. The predicted molar refractivity (Wildman–Crippen MR) is 75.8 cm³/mol. The molecule has 7 heteroatoms. The predicted octanol–water partition coefficient (Wildman–Crippen LogP) is 1.57. The van der Waals surface area contributed by atoms with Gasteiger partial charge < -0.3 is 24.5 Å². The van der Waals surface area contributed by atoms with Gasteiger partial charge in [0.05, 0.1) is 31.3 Å². The molecular formula is C14H18FN3O3. The second kappa shape index (κ2) is 5.16. The summed E-state index contributed by atoms with van der Waals surface area (Å²) in [4.78, 5) is 4.21. The average molecular weight is 295 g/mol. The maximum absolute atomic E-state index is 13.7. The minimum Gasteiger partial charge on any atom is -0.494 e. The Kier molecular flexibility index (Phi) is 3.46. The minimum absolute atomic E-state index is 0.165. The Morgan fingerprint density at radius 2 is 2.29 bits per heavy atom. The van der Waals surface area contributed by atoms with Crippen molar-refractivity contribution in [3.05, 3.63) is 17.9 Å². The third-order valence-corrected chi connectivity index (χ3v) is 4.00. The van der Waals surface area contributed by atoms with Crippen LogP contribution in [-0.4, -0.2) is 42.6 Å². The maximum Gasteiger partial charge on any atom is 0.201 e. The molecule has 6 nitrogen and oxygen atoms in total. The summed E-state index contributed by atoms with van der Waals surface area (Å²) in [7, 11) is 3.08. The maximum atomic E-state index is 13.7. The number of fused-ring (bicyclic) bond motifs is 1. The molecule has 21 heavy (non-hydrogen) atoms. The molecule has 1 aromatic carbocycles. The number of rotatable bonds is 4. The Morgan fingerprint density at radius 3 is 2.90 bits per heavy atom. The molecule has 1 atom stereocenters. The monoisotopic (exact) mass is 295 g/mol. The second-order valence-corrected chi connectivity index (χ2v) is 5.22. The lowest BCUT2D eigenvalue weighted by Gasteiger charge is -2.26. The Balaban J connectivity index is 2.07. The standard InChI is InChI=1S/C14H18FN3O3/c1-19-12-6-11-10(5-9(12)15)17-13(16)18(11)7-14(20-2)3-4-21-8-14/h5-6H,3-4,7-8H2,1-2H3,(H2,16,17). The van der Waals surface area contributed by atoms with E-state index in [-0.39, 0.29) is 5.75 Å². The van der Waals surface area contributed by atoms with E-state index in [0.29, 0.717) is 36.7 Å². The quantitative estimate of drug-likeness (QED) is 0.927. The van der Waals surface area contributed by atoms with Gasteiger partial charge in [0, 0.05) is 32.3 Å². The fourth-order valence-corrected chi connectivity index (χ4v) is 2.69. The molecule has 0 amide bonds. The van der Waals surface area contributed by atoms with Gasteiger partial charge in [0.25, 0.3) is 0 Å². The summed E-state index contributed by atoms with van der Waals surface area (Å²) in [5.74, 6) is 0.0269. The van der Waals surface area contributed by atoms with Crippen molar-refractivity contribution in [1.82, 2.24) is 9.55 Å². The Labute approximate surface area is 121 Å². The van der Waals surface area contributed by atoms with E-state index >= 15 is 0 Å². The zero-order valence-electron chi connectivity index (χ0n) is 12.1. The van der Waals surface area contributed by atoms with Gasteiger partial charge in [0.2, 0.25) is 5.95 Å². The Bertz CT molecular complexity index is 665. The lowest BCUT2D eigenvalue weighted by molar-refractivity contribution is -0.0283. The van der Waals surface area contributed by atoms with Crippen molar-refractivity contribution in [3.8, 4) is 5.75 Å². The summed E-state index contributed by atoms with van der Waals surface area (Å²) < 4.78 is 31.6. The van der Waals surface area contributed by atoms with E-state index in [1.807, 2.05) is 4.57 Å². The molecule has 0 radical (unpaired) electrons. The normalized spacial score (nSPS) is 22.0. The molecule has 0 spiro atoms. The average Bonchev–Trinajstić information content (AvgIpc) is 3.05. The van der Waals surface area contributed by atoms with Crippen molar-refractivity contribution >= 4 is 17.0 Å². The number of benzene rings is 1. The van der Waals surface area contributed by atoms with Crippen LogP contribution in [0.1, 0.15) is 6.42 Å². The number of nitrogen functional groups attached to an aromatic ring is 1. The van der Waals surface area contributed by atoms with Gasteiger partial charge in [0.1, 0.15) is 5.60 Å². The smallest absolute Gasteiger partial charge is 0.201 e. The van der Waals surface area contributed by atoms with Gasteiger partial charge in [-0.3, -0.25) is 0 Å². The Morgan fingerprint density at radius 1 is 1.48 bits per heavy atom. The molecule has 0 saturated carbocycles. The molecule has 0 bridgehead atoms. The molecule has 2 N–H and O–H groups in total. The van der Waals surface area contributed by atoms with Gasteiger partial charge in [-0.05, 0) is 0 Å². The minimum atomic E-state index is -0.458. The lowest BCUT2D eigenvalue weighted by atomic mass is 10.0. The number of hydrogen-bond donors (Lipinski definition) is 1. The molecule has 1 unspecified atom stereocenters. The van der Waals surface area contributed by atoms with Crippen molar-refractivity contribution in [2.45, 2.75) is 18.6 Å². The largest absolute Gasteiger partial charge is 0.494 e. The van der Waals surface area contributed by atoms with E-state index in [2.05, 4.69) is 4.98 Å². The van der Waals surface area contributed by atoms with E-state index in [1.165, 1.54) is 13.2 Å². The first-order valence-corrected chi connectivity index (χ1v) is 6.71. The SMILES string of the molecule is COc1cc2c(cc1F)nc(N)n2CC1(OC)CCOC1. The van der Waals surface area contributed by atoms with Crippen molar-refractivity contribution < 1.29 is 18.6 Å². The highest BCUT2D eigenvalue weighted by Gasteiger charge is 2.36. The number of halogens is 1. The molecule has 2 heterocycles. The van der Waals surface area contributed by atoms with Gasteiger partial charge >= 0.3 is 0 Å². The molecule has 2 aromatic rings. The van der Waals surface area contributed by atoms with Crippen molar-refractivity contribution in [2.24, 2.45) is 0 Å². The number of imidazole rings is 1. The van der Waals surface area contributed by atoms with E-state index in [9.17, 15) is 4.39 Å². The highest BCUT2D eigenvalue weighted by molar-refractivity contribution is 5.80. The number of nitrogens with zero attached hydrogens (tertiary/aromatic N) is 2. The number of anilines is 1. The third kappa shape index (κ3) is 2.32. The summed E-state index contributed by atoms with van der Waals surface area (Å²) in [5.41, 5.74) is 6.76. The summed E-state index contributed by atoms with van der Waals surface area (Å²) in [6.07, 6.45) is 0.779. The summed E-state index contributed by atoms with van der Waals surface area (Å²) >= 11 is 0. The van der Waals surface area contributed by atoms with Crippen molar-refractivity contribution in [1.29, 1.82) is 0 Å². The van der Waals surface area contributed by atoms with Crippen LogP contribution in [0.2, 0.25) is 0 Å². The van der Waals surface area contributed by atoms with Gasteiger partial charge in [0.15, 0.2) is 11.6 Å². The van der Waals surface area contributed by atoms with Crippen LogP contribution in [0.15, 0.2) is 12.1 Å². The molecule has 0 aliphatic carbocycles. The van der Waals surface area contributed by atoms with Gasteiger partial charge in [-0.25, -0.2) is 9.37 Å². The van der Waals surface area contributed by atoms with Crippen LogP contribution in [0.5, 0.6) is 5.75 Å². The molecule has 114 valence electrons. The van der Waals surface area contributed by atoms with E-state index < -0.39 is 11.4 Å². The van der Waals surface area contributed by atoms with Crippen molar-refractivity contribution in [3.63, 3.8) is 0 Å². The molecule has 3 rings (SSSR count). The molecule has 1 saturated heterocycles. The topological polar surface area (TPSA) is 71.5 Å². The van der Waals surface area contributed by atoms with Crippen LogP contribution in [0.4, 0.5) is 10.3 Å². The zero-order valence-corrected chi connectivity index (χ0v) is 12.1. The Hall–Kier alpha value is -1.86. The highest BCUT2D eigenvalue weighted by atomic mass is 19.1. The second-order valence-electron chi connectivity index (χ2n) is 5.22. The van der Waals surface area contributed by atoms with E-state index in [4.69, 9.17) is 19.9 Å². The van der Waals surface area contributed by atoms with E-state index in [0.717, 1.165) is 6.42 Å². The molecule has 1 aromatic heterocycles. The molecule has 1 fully saturated rings. The van der Waals surface area contributed by atoms with Crippen LogP contribution in [-0.2, 0) is 16.0 Å². The van der Waals surface area contributed by atoms with Crippen LogP contribution in [0.25, 0.3) is 11.0 Å². The number of ether oxygens (including phenoxy) is 3. The van der Waals surface area contributed by atoms with E-state index in [1.54, 1.807) is 13.2 Å². The molecule has 1 aliphatic rings. The van der Waals surface area contributed by atoms with Crippen LogP contribution in [0.3, 0.4) is 0 Å². The number of aromatic nitrogens is 2. The van der Waals surface area contributed by atoms with Crippen LogP contribution in [0, 0.1) is 5.82 Å². The van der Waals surface area contributed by atoms with Crippen molar-refractivity contribution in [2.75, 3.05) is 33.2 Å². The third-order valence-electron chi connectivity index (χ3n) is 4.00. The first kappa shape index (κ1) is 14.1. The number of nitrogens with two attached hydrogens (primary N) is 1. The lowest BCUT2D eigenvalue weighted by Crippen LogP contribution is -2.37. The summed E-state index contributed by atoms with van der Waals surface area (Å²) in [6.45, 7) is 1.65. The number of hydrogen-bond acceptors (Lipinski definition) is 5. The van der Waals surface area contributed by atoms with Gasteiger partial charge in [-0.1, -0.05) is 0 Å². The van der Waals surface area contributed by atoms with Crippen LogP contribution < -0.4 is 10.5 Å². The fraction of sp³-hybridized carbons (Fsp3) is 0.500. The zero-order chi connectivity index (χ0) is 15.0. The van der Waals surface area contributed by atoms with Crippen LogP contribution >= 0.6 is 0 Å². The number of methoxy groups -OCH3 is 2. The first-order valence-electron chi connectivity index (χ1n) is 6.71.